The van der Waals surface area contributed by atoms with Gasteiger partial charge in [-0.1, -0.05) is 0 Å². The zero-order chi connectivity index (χ0) is 12.5. The highest BCUT2D eigenvalue weighted by molar-refractivity contribution is 5.43. The lowest BCUT2D eigenvalue weighted by Gasteiger charge is -2.15. The van der Waals surface area contributed by atoms with Gasteiger partial charge in [0, 0.05) is 12.7 Å². The van der Waals surface area contributed by atoms with Crippen LogP contribution in [0.15, 0.2) is 6.20 Å². The lowest BCUT2D eigenvalue weighted by molar-refractivity contribution is -0.139. The number of pyridine rings is 1. The molecule has 0 spiro atoms. The average Bonchev–Trinajstić information content (AvgIpc) is 2.14. The van der Waals surface area contributed by atoms with Crippen LogP contribution in [0.2, 0.25) is 0 Å². The summed E-state index contributed by atoms with van der Waals surface area (Å²) in [4.78, 5) is 3.04. The van der Waals surface area contributed by atoms with Crippen molar-refractivity contribution < 1.29 is 27.1 Å². The fourth-order valence-electron chi connectivity index (χ4n) is 1.18. The summed E-state index contributed by atoms with van der Waals surface area (Å²) in [5, 5.41) is 9.09. The van der Waals surface area contributed by atoms with Crippen molar-refractivity contribution in [1.82, 2.24) is 4.98 Å². The van der Waals surface area contributed by atoms with E-state index in [2.05, 4.69) is 4.98 Å². The van der Waals surface area contributed by atoms with Crippen LogP contribution >= 0.6 is 0 Å². The van der Waals surface area contributed by atoms with Gasteiger partial charge in [-0.25, -0.2) is 8.78 Å². The van der Waals surface area contributed by atoms with Crippen LogP contribution in [0.4, 0.5) is 22.0 Å². The van der Waals surface area contributed by atoms with Gasteiger partial charge in [-0.3, -0.25) is 4.98 Å². The van der Waals surface area contributed by atoms with Crippen LogP contribution in [0.3, 0.4) is 0 Å². The van der Waals surface area contributed by atoms with Gasteiger partial charge >= 0.3 is 6.18 Å². The maximum absolute atomic E-state index is 12.5. The van der Waals surface area contributed by atoms with E-state index < -0.39 is 41.7 Å². The van der Waals surface area contributed by atoms with Gasteiger partial charge in [0.15, 0.2) is 5.75 Å². The van der Waals surface area contributed by atoms with Crippen LogP contribution in [0, 0.1) is 0 Å². The second-order valence-electron chi connectivity index (χ2n) is 2.89. The molecule has 0 aliphatic heterocycles. The van der Waals surface area contributed by atoms with Gasteiger partial charge in [-0.15, -0.1) is 0 Å². The predicted octanol–water partition coefficient (Wildman–Crippen LogP) is 2.20. The van der Waals surface area contributed by atoms with Crippen LogP contribution in [-0.4, -0.2) is 10.1 Å². The van der Waals surface area contributed by atoms with E-state index in [-0.39, 0.29) is 0 Å². The van der Waals surface area contributed by atoms with Gasteiger partial charge in [0.25, 0.3) is 6.43 Å². The quantitative estimate of drug-likeness (QED) is 0.781. The smallest absolute Gasteiger partial charge is 0.420 e. The summed E-state index contributed by atoms with van der Waals surface area (Å²) >= 11 is 0. The SMILES string of the molecule is NCc1cnc(C(F)F)c(O)c1C(F)(F)F. The van der Waals surface area contributed by atoms with Gasteiger partial charge in [0.2, 0.25) is 0 Å². The number of aromatic nitrogens is 1. The molecule has 0 bridgehead atoms. The molecule has 16 heavy (non-hydrogen) atoms. The number of hydrogen-bond donors (Lipinski definition) is 2. The van der Waals surface area contributed by atoms with E-state index in [1.165, 1.54) is 0 Å². The van der Waals surface area contributed by atoms with Crippen molar-refractivity contribution in [1.29, 1.82) is 0 Å². The highest BCUT2D eigenvalue weighted by Crippen LogP contribution is 2.41. The van der Waals surface area contributed by atoms with Crippen LogP contribution in [0.1, 0.15) is 23.2 Å². The van der Waals surface area contributed by atoms with Gasteiger partial charge in [-0.05, 0) is 5.56 Å². The second kappa shape index (κ2) is 4.20. The molecule has 0 aliphatic rings. The summed E-state index contributed by atoms with van der Waals surface area (Å²) < 4.78 is 61.8. The summed E-state index contributed by atoms with van der Waals surface area (Å²) in [5.74, 6) is -1.56. The maximum Gasteiger partial charge on any atom is 0.420 e. The Kier molecular flexibility index (Phi) is 3.32. The fourth-order valence-corrected chi connectivity index (χ4v) is 1.18. The lowest BCUT2D eigenvalue weighted by Crippen LogP contribution is -2.14. The molecular formula is C8H7F5N2O. The van der Waals surface area contributed by atoms with Crippen molar-refractivity contribution in [3.63, 3.8) is 0 Å². The number of nitrogens with zero attached hydrogens (tertiary/aromatic N) is 1. The molecule has 1 aromatic heterocycles. The third kappa shape index (κ3) is 2.21. The largest absolute Gasteiger partial charge is 0.505 e. The van der Waals surface area contributed by atoms with Crippen molar-refractivity contribution in [2.24, 2.45) is 5.73 Å². The summed E-state index contributed by atoms with van der Waals surface area (Å²) in [6, 6.07) is 0. The Bertz CT molecular complexity index is 391. The Hall–Kier alpha value is -1.44. The van der Waals surface area contributed by atoms with E-state index in [1.807, 2.05) is 0 Å². The van der Waals surface area contributed by atoms with E-state index in [4.69, 9.17) is 10.8 Å². The summed E-state index contributed by atoms with van der Waals surface area (Å²) in [5.41, 5.74) is 1.61. The van der Waals surface area contributed by atoms with Gasteiger partial charge in [0.1, 0.15) is 11.3 Å². The molecule has 0 atom stereocenters. The summed E-state index contributed by atoms with van der Waals surface area (Å²) in [7, 11) is 0. The monoisotopic (exact) mass is 242 g/mol. The maximum atomic E-state index is 12.5. The fraction of sp³-hybridized carbons (Fsp3) is 0.375. The third-order valence-corrected chi connectivity index (χ3v) is 1.87. The van der Waals surface area contributed by atoms with E-state index in [0.717, 1.165) is 0 Å². The molecule has 1 heterocycles. The summed E-state index contributed by atoms with van der Waals surface area (Å²) in [6.07, 6.45) is -7.65. The van der Waals surface area contributed by atoms with Crippen molar-refractivity contribution in [2.75, 3.05) is 0 Å². The molecule has 0 unspecified atom stereocenters. The number of halogens is 5. The molecule has 90 valence electrons. The highest BCUT2D eigenvalue weighted by atomic mass is 19.4. The predicted molar refractivity (Wildman–Crippen MR) is 43.8 cm³/mol. The Morgan fingerprint density at radius 3 is 2.31 bits per heavy atom. The first-order valence-corrected chi connectivity index (χ1v) is 4.05. The second-order valence-corrected chi connectivity index (χ2v) is 2.89. The minimum atomic E-state index is -4.95. The van der Waals surface area contributed by atoms with Crippen LogP contribution < -0.4 is 5.73 Å². The Morgan fingerprint density at radius 1 is 1.38 bits per heavy atom. The molecular weight excluding hydrogens is 235 g/mol. The van der Waals surface area contributed by atoms with Crippen molar-refractivity contribution in [2.45, 2.75) is 19.1 Å². The molecule has 1 rings (SSSR count). The van der Waals surface area contributed by atoms with Gasteiger partial charge < -0.3 is 10.8 Å². The molecule has 1 aromatic rings. The first-order valence-electron chi connectivity index (χ1n) is 4.05. The summed E-state index contributed by atoms with van der Waals surface area (Å²) in [6.45, 7) is -0.557. The van der Waals surface area contributed by atoms with Gasteiger partial charge in [-0.2, -0.15) is 13.2 Å². The Morgan fingerprint density at radius 2 is 1.94 bits per heavy atom. The topological polar surface area (TPSA) is 59.1 Å². The molecule has 0 saturated carbocycles. The average molecular weight is 242 g/mol. The van der Waals surface area contributed by atoms with E-state index in [1.54, 1.807) is 0 Å². The lowest BCUT2D eigenvalue weighted by atomic mass is 10.1. The van der Waals surface area contributed by atoms with E-state index in [0.29, 0.717) is 6.20 Å². The molecule has 0 saturated heterocycles. The highest BCUT2D eigenvalue weighted by Gasteiger charge is 2.38. The number of rotatable bonds is 2. The zero-order valence-electron chi connectivity index (χ0n) is 7.72. The van der Waals surface area contributed by atoms with Gasteiger partial charge in [0.05, 0.1) is 0 Å². The van der Waals surface area contributed by atoms with Crippen molar-refractivity contribution in [3.8, 4) is 5.75 Å². The number of nitrogens with two attached hydrogens (primary N) is 1. The number of hydrogen-bond acceptors (Lipinski definition) is 3. The number of aromatic hydroxyl groups is 1. The van der Waals surface area contributed by atoms with E-state index in [9.17, 15) is 22.0 Å². The van der Waals surface area contributed by atoms with Crippen molar-refractivity contribution in [3.05, 3.63) is 23.0 Å². The molecule has 0 fully saturated rings. The molecule has 0 amide bonds. The Balaban J connectivity index is 3.47. The molecule has 3 N–H and O–H groups in total. The first kappa shape index (κ1) is 12.6. The standard InChI is InChI=1S/C8H7F5N2O/c9-7(10)5-6(16)4(8(11,12)13)3(1-14)2-15-5/h2,7,16H,1,14H2. The molecule has 8 heteroatoms. The Labute approximate surface area is 86.7 Å². The molecule has 3 nitrogen and oxygen atoms in total. The molecule has 0 aliphatic carbocycles. The first-order chi connectivity index (χ1) is 7.29. The van der Waals surface area contributed by atoms with Crippen molar-refractivity contribution >= 4 is 0 Å². The third-order valence-electron chi connectivity index (χ3n) is 1.87. The van der Waals surface area contributed by atoms with Crippen LogP contribution in [-0.2, 0) is 12.7 Å². The number of alkyl halides is 5. The van der Waals surface area contributed by atoms with Crippen LogP contribution in [0.5, 0.6) is 5.75 Å². The normalized spacial score (nSPS) is 12.2. The molecule has 0 radical (unpaired) electrons. The minimum absolute atomic E-state index is 0.533. The van der Waals surface area contributed by atoms with E-state index >= 15 is 0 Å². The minimum Gasteiger partial charge on any atom is -0.505 e. The van der Waals surface area contributed by atoms with Crippen LogP contribution in [0.25, 0.3) is 0 Å². The molecule has 0 aromatic carbocycles. The zero-order valence-corrected chi connectivity index (χ0v) is 7.72.